The number of hydrogen-bond donors (Lipinski definition) is 2. The van der Waals surface area contributed by atoms with Crippen molar-refractivity contribution in [3.63, 3.8) is 0 Å². The summed E-state index contributed by atoms with van der Waals surface area (Å²) in [7, 11) is 4.01. The molecule has 2 aliphatic heterocycles. The van der Waals surface area contributed by atoms with Crippen LogP contribution in [-0.2, 0) is 4.74 Å². The fourth-order valence-electron chi connectivity index (χ4n) is 3.65. The van der Waals surface area contributed by atoms with E-state index >= 15 is 0 Å². The van der Waals surface area contributed by atoms with Gasteiger partial charge in [0.1, 0.15) is 0 Å². The Labute approximate surface area is 117 Å². The number of allylic oxidation sites excluding steroid dienone is 1. The maximum absolute atomic E-state index is 5.41. The summed E-state index contributed by atoms with van der Waals surface area (Å²) in [6, 6.07) is 1.02. The van der Waals surface area contributed by atoms with Crippen LogP contribution < -0.4 is 10.6 Å². The first-order chi connectivity index (χ1) is 9.07. The maximum Gasteiger partial charge on any atom is 0.0668 e. The topological polar surface area (TPSA) is 36.5 Å². The monoisotopic (exact) mass is 267 g/mol. The van der Waals surface area contributed by atoms with E-state index in [0.717, 1.165) is 19.8 Å². The maximum atomic E-state index is 5.41. The van der Waals surface area contributed by atoms with Gasteiger partial charge in [0.2, 0.25) is 0 Å². The summed E-state index contributed by atoms with van der Waals surface area (Å²) in [6.07, 6.45) is 1.19. The molecule has 2 rings (SSSR count). The normalized spacial score (nSPS) is 36.8. The lowest BCUT2D eigenvalue weighted by atomic mass is 9.75. The molecule has 0 aliphatic carbocycles. The SMILES string of the molecule is COCC1C(C)C(C)C(C2CCNCN2)=C(C)N1C. The first-order valence-corrected chi connectivity index (χ1v) is 7.44. The van der Waals surface area contributed by atoms with Gasteiger partial charge in [0.05, 0.1) is 12.6 Å². The molecular weight excluding hydrogens is 238 g/mol. The first-order valence-electron chi connectivity index (χ1n) is 7.44. The number of nitrogens with zero attached hydrogens (tertiary/aromatic N) is 1. The van der Waals surface area contributed by atoms with Crippen LogP contribution in [-0.4, -0.2) is 51.0 Å². The molecule has 0 saturated carbocycles. The average Bonchev–Trinajstić information content (AvgIpc) is 2.43. The Morgan fingerprint density at radius 1 is 1.37 bits per heavy atom. The molecule has 0 amide bonds. The van der Waals surface area contributed by atoms with E-state index < -0.39 is 0 Å². The number of hydrogen-bond acceptors (Lipinski definition) is 4. The van der Waals surface area contributed by atoms with E-state index in [9.17, 15) is 0 Å². The molecule has 2 aliphatic rings. The molecule has 4 nitrogen and oxygen atoms in total. The third kappa shape index (κ3) is 2.81. The van der Waals surface area contributed by atoms with Gasteiger partial charge in [-0.25, -0.2) is 0 Å². The summed E-state index contributed by atoms with van der Waals surface area (Å²) < 4.78 is 5.41. The van der Waals surface area contributed by atoms with E-state index in [1.165, 1.54) is 12.1 Å². The van der Waals surface area contributed by atoms with Crippen molar-refractivity contribution in [2.75, 3.05) is 34.0 Å². The standard InChI is InChI=1S/C15H29N3O/c1-10-11(2)15(13-6-7-16-9-17-13)12(3)18(4)14(10)8-19-5/h10-11,13-14,16-17H,6-9H2,1-5H3. The van der Waals surface area contributed by atoms with Crippen LogP contribution in [0.3, 0.4) is 0 Å². The summed E-state index contributed by atoms with van der Waals surface area (Å²) in [5.41, 5.74) is 3.04. The Bertz CT molecular complexity index is 336. The zero-order chi connectivity index (χ0) is 14.0. The molecular formula is C15H29N3O. The second-order valence-corrected chi connectivity index (χ2v) is 6.04. The lowest BCUT2D eigenvalue weighted by Gasteiger charge is -2.47. The molecule has 1 saturated heterocycles. The largest absolute Gasteiger partial charge is 0.383 e. The zero-order valence-electron chi connectivity index (χ0n) is 13.0. The second-order valence-electron chi connectivity index (χ2n) is 6.04. The minimum Gasteiger partial charge on any atom is -0.383 e. The fourth-order valence-corrected chi connectivity index (χ4v) is 3.65. The minimum atomic E-state index is 0.491. The lowest BCUT2D eigenvalue weighted by Crippen LogP contribution is -2.53. The molecule has 0 aromatic heterocycles. The van der Waals surface area contributed by atoms with Crippen LogP contribution in [0.4, 0.5) is 0 Å². The quantitative estimate of drug-likeness (QED) is 0.810. The summed E-state index contributed by atoms with van der Waals surface area (Å²) in [4.78, 5) is 2.42. The molecule has 0 radical (unpaired) electrons. The summed E-state index contributed by atoms with van der Waals surface area (Å²) in [6.45, 7) is 9.85. The summed E-state index contributed by atoms with van der Waals surface area (Å²) in [5.74, 6) is 1.24. The van der Waals surface area contributed by atoms with Crippen molar-refractivity contribution in [2.45, 2.75) is 39.3 Å². The highest BCUT2D eigenvalue weighted by molar-refractivity contribution is 5.25. The van der Waals surface area contributed by atoms with Gasteiger partial charge < -0.3 is 15.0 Å². The van der Waals surface area contributed by atoms with Crippen molar-refractivity contribution in [1.29, 1.82) is 0 Å². The molecule has 110 valence electrons. The summed E-state index contributed by atoms with van der Waals surface area (Å²) in [5, 5.41) is 6.98. The number of rotatable bonds is 3. The molecule has 4 heteroatoms. The predicted molar refractivity (Wildman–Crippen MR) is 78.9 cm³/mol. The van der Waals surface area contributed by atoms with Gasteiger partial charge in [-0.1, -0.05) is 13.8 Å². The van der Waals surface area contributed by atoms with Crippen LogP contribution in [0.5, 0.6) is 0 Å². The van der Waals surface area contributed by atoms with Crippen molar-refractivity contribution in [3.05, 3.63) is 11.3 Å². The molecule has 0 spiro atoms. The van der Waals surface area contributed by atoms with Gasteiger partial charge >= 0.3 is 0 Å². The Balaban J connectivity index is 2.25. The van der Waals surface area contributed by atoms with Crippen LogP contribution in [0.1, 0.15) is 27.2 Å². The smallest absolute Gasteiger partial charge is 0.0668 e. The van der Waals surface area contributed by atoms with Gasteiger partial charge in [0, 0.05) is 32.6 Å². The molecule has 4 atom stereocenters. The van der Waals surface area contributed by atoms with Crippen molar-refractivity contribution >= 4 is 0 Å². The molecule has 4 unspecified atom stereocenters. The van der Waals surface area contributed by atoms with E-state index in [-0.39, 0.29) is 0 Å². The molecule has 0 aromatic rings. The number of methoxy groups -OCH3 is 1. The Hall–Kier alpha value is -0.580. The highest BCUT2D eigenvalue weighted by Gasteiger charge is 2.37. The van der Waals surface area contributed by atoms with Gasteiger partial charge in [-0.3, -0.25) is 5.32 Å². The van der Waals surface area contributed by atoms with Gasteiger partial charge in [0.25, 0.3) is 0 Å². The first kappa shape index (κ1) is 14.8. The third-order valence-electron chi connectivity index (χ3n) is 5.13. The van der Waals surface area contributed by atoms with Crippen molar-refractivity contribution in [3.8, 4) is 0 Å². The van der Waals surface area contributed by atoms with Crippen LogP contribution in [0.15, 0.2) is 11.3 Å². The van der Waals surface area contributed by atoms with Crippen molar-refractivity contribution < 1.29 is 4.74 Å². The van der Waals surface area contributed by atoms with Crippen LogP contribution in [0, 0.1) is 11.8 Å². The minimum absolute atomic E-state index is 0.491. The third-order valence-corrected chi connectivity index (χ3v) is 5.13. The van der Waals surface area contributed by atoms with Crippen molar-refractivity contribution in [2.24, 2.45) is 11.8 Å². The van der Waals surface area contributed by atoms with Gasteiger partial charge in [-0.15, -0.1) is 0 Å². The molecule has 2 heterocycles. The average molecular weight is 267 g/mol. The number of ether oxygens (including phenoxy) is 1. The number of nitrogens with one attached hydrogen (secondary N) is 2. The van der Waals surface area contributed by atoms with Gasteiger partial charge in [-0.05, 0) is 37.3 Å². The van der Waals surface area contributed by atoms with E-state index in [1.54, 1.807) is 12.7 Å². The van der Waals surface area contributed by atoms with Crippen LogP contribution in [0.25, 0.3) is 0 Å². The molecule has 0 aromatic carbocycles. The van der Waals surface area contributed by atoms with E-state index in [4.69, 9.17) is 4.74 Å². The van der Waals surface area contributed by atoms with Gasteiger partial charge in [-0.2, -0.15) is 0 Å². The van der Waals surface area contributed by atoms with Crippen LogP contribution in [0.2, 0.25) is 0 Å². The molecule has 1 fully saturated rings. The molecule has 19 heavy (non-hydrogen) atoms. The second kappa shape index (κ2) is 6.25. The lowest BCUT2D eigenvalue weighted by molar-refractivity contribution is 0.0653. The molecule has 0 bridgehead atoms. The highest BCUT2D eigenvalue weighted by atomic mass is 16.5. The number of likely N-dealkylation sites (N-methyl/N-ethyl adjacent to an activating group) is 1. The van der Waals surface area contributed by atoms with Crippen molar-refractivity contribution in [1.82, 2.24) is 15.5 Å². The van der Waals surface area contributed by atoms with E-state index in [1.807, 2.05) is 0 Å². The van der Waals surface area contributed by atoms with Crippen LogP contribution >= 0.6 is 0 Å². The van der Waals surface area contributed by atoms with Gasteiger partial charge in [0.15, 0.2) is 0 Å². The van der Waals surface area contributed by atoms with E-state index in [2.05, 4.69) is 43.4 Å². The highest BCUT2D eigenvalue weighted by Crippen LogP contribution is 2.37. The predicted octanol–water partition coefficient (Wildman–Crippen LogP) is 1.40. The Morgan fingerprint density at radius 3 is 2.68 bits per heavy atom. The Morgan fingerprint density at radius 2 is 2.11 bits per heavy atom. The van der Waals surface area contributed by atoms with E-state index in [0.29, 0.717) is 23.9 Å². The Kier molecular flexibility index (Phi) is 4.87. The molecule has 2 N–H and O–H groups in total. The summed E-state index contributed by atoms with van der Waals surface area (Å²) >= 11 is 0. The zero-order valence-corrected chi connectivity index (χ0v) is 13.0. The fraction of sp³-hybridized carbons (Fsp3) is 0.867.